The molecule has 8 nitrogen and oxygen atoms in total. The number of esters is 1. The lowest BCUT2D eigenvalue weighted by Gasteiger charge is -2.27. The van der Waals surface area contributed by atoms with Crippen molar-refractivity contribution in [1.29, 1.82) is 5.26 Å². The number of nitrogens with zero attached hydrogens (tertiary/aromatic N) is 1. The zero-order chi connectivity index (χ0) is 27.1. The van der Waals surface area contributed by atoms with E-state index in [1.54, 1.807) is 49.6 Å². The Morgan fingerprint density at radius 3 is 2.61 bits per heavy atom. The normalized spacial score (nSPS) is 14.1. The minimum absolute atomic E-state index is 0.0138. The topological polar surface area (TPSA) is 113 Å². The summed E-state index contributed by atoms with van der Waals surface area (Å²) >= 11 is 0. The van der Waals surface area contributed by atoms with E-state index in [-0.39, 0.29) is 17.2 Å². The predicted octanol–water partition coefficient (Wildman–Crippen LogP) is 5.71. The summed E-state index contributed by atoms with van der Waals surface area (Å²) in [7, 11) is 1.57. The number of allylic oxidation sites excluding steroid dienone is 1. The van der Waals surface area contributed by atoms with Gasteiger partial charge in [0.15, 0.2) is 11.5 Å². The zero-order valence-electron chi connectivity index (χ0n) is 21.7. The van der Waals surface area contributed by atoms with Gasteiger partial charge in [-0.3, -0.25) is 0 Å². The lowest BCUT2D eigenvalue weighted by molar-refractivity contribution is 0.0734. The highest BCUT2D eigenvalue weighted by atomic mass is 16.5. The van der Waals surface area contributed by atoms with E-state index < -0.39 is 11.9 Å². The van der Waals surface area contributed by atoms with Crippen molar-refractivity contribution in [2.45, 2.75) is 32.6 Å². The van der Waals surface area contributed by atoms with Crippen LogP contribution in [0.25, 0.3) is 0 Å². The SMILES string of the molecule is CCCCOc1ccc(C2C(C#N)=C(N)Oc3cc(OC(=O)c4cccc(OCC)c4)ccc32)cc1OC. The highest BCUT2D eigenvalue weighted by molar-refractivity contribution is 5.91. The standard InChI is InChI=1S/C30H30N2O6/c1-4-6-14-36-25-13-10-19(16-27(25)34-3)28-23-12-11-22(17-26(23)38-29(32)24(28)18-31)37-30(33)20-8-7-9-21(15-20)35-5-2/h7-13,15-17,28H,4-6,14,32H2,1-3H3. The smallest absolute Gasteiger partial charge is 0.343 e. The molecule has 4 rings (SSSR count). The molecule has 0 fully saturated rings. The van der Waals surface area contributed by atoms with Crippen LogP contribution in [0.4, 0.5) is 0 Å². The summed E-state index contributed by atoms with van der Waals surface area (Å²) in [6.07, 6.45) is 1.95. The number of carbonyl (C=O) groups excluding carboxylic acids is 1. The number of hydrogen-bond acceptors (Lipinski definition) is 8. The van der Waals surface area contributed by atoms with E-state index in [0.29, 0.717) is 47.3 Å². The Kier molecular flexibility index (Phi) is 8.39. The van der Waals surface area contributed by atoms with Crippen LogP contribution in [0.2, 0.25) is 0 Å². The molecule has 2 N–H and O–H groups in total. The van der Waals surface area contributed by atoms with Gasteiger partial charge in [-0.05, 0) is 55.3 Å². The van der Waals surface area contributed by atoms with Crippen molar-refractivity contribution in [2.24, 2.45) is 5.73 Å². The lowest BCUT2D eigenvalue weighted by atomic mass is 9.83. The van der Waals surface area contributed by atoms with E-state index in [1.807, 2.05) is 25.1 Å². The molecule has 8 heteroatoms. The second-order valence-corrected chi connectivity index (χ2v) is 8.59. The van der Waals surface area contributed by atoms with Crippen LogP contribution in [0, 0.1) is 11.3 Å². The first-order valence-corrected chi connectivity index (χ1v) is 12.5. The molecule has 3 aromatic carbocycles. The van der Waals surface area contributed by atoms with Gasteiger partial charge in [-0.25, -0.2) is 4.79 Å². The second kappa shape index (κ2) is 12.1. The third-order valence-corrected chi connectivity index (χ3v) is 6.06. The molecule has 0 aromatic heterocycles. The molecule has 1 atom stereocenters. The monoisotopic (exact) mass is 514 g/mol. The Morgan fingerprint density at radius 2 is 1.87 bits per heavy atom. The molecular weight excluding hydrogens is 484 g/mol. The van der Waals surface area contributed by atoms with E-state index in [9.17, 15) is 10.1 Å². The molecule has 3 aromatic rings. The molecule has 0 spiro atoms. The molecule has 1 aliphatic rings. The van der Waals surface area contributed by atoms with Crippen molar-refractivity contribution in [3.05, 3.63) is 88.8 Å². The van der Waals surface area contributed by atoms with Crippen molar-refractivity contribution in [3.8, 4) is 34.8 Å². The first-order chi connectivity index (χ1) is 18.5. The highest BCUT2D eigenvalue weighted by Crippen LogP contribution is 2.45. The number of unbranched alkanes of at least 4 members (excludes halogenated alkanes) is 1. The summed E-state index contributed by atoms with van der Waals surface area (Å²) in [6, 6.07) is 19.5. The van der Waals surface area contributed by atoms with Crippen molar-refractivity contribution in [2.75, 3.05) is 20.3 Å². The number of fused-ring (bicyclic) bond motifs is 1. The summed E-state index contributed by atoms with van der Waals surface area (Å²) in [5.74, 6) is 1.38. The average Bonchev–Trinajstić information content (AvgIpc) is 2.93. The number of hydrogen-bond donors (Lipinski definition) is 1. The van der Waals surface area contributed by atoms with Crippen LogP contribution in [0.1, 0.15) is 54.1 Å². The Balaban J connectivity index is 1.64. The maximum atomic E-state index is 12.8. The minimum atomic E-state index is -0.538. The summed E-state index contributed by atoms with van der Waals surface area (Å²) in [5.41, 5.74) is 8.27. The van der Waals surface area contributed by atoms with Crippen LogP contribution < -0.4 is 29.4 Å². The van der Waals surface area contributed by atoms with Gasteiger partial charge < -0.3 is 29.4 Å². The van der Waals surface area contributed by atoms with E-state index in [1.165, 1.54) is 0 Å². The average molecular weight is 515 g/mol. The highest BCUT2D eigenvalue weighted by Gasteiger charge is 2.32. The fraction of sp³-hybridized carbons (Fsp3) is 0.267. The number of nitriles is 1. The number of nitrogens with two attached hydrogens (primary N) is 1. The molecule has 0 amide bonds. The largest absolute Gasteiger partial charge is 0.494 e. The predicted molar refractivity (Wildman–Crippen MR) is 142 cm³/mol. The first-order valence-electron chi connectivity index (χ1n) is 12.5. The van der Waals surface area contributed by atoms with Crippen molar-refractivity contribution in [3.63, 3.8) is 0 Å². The summed E-state index contributed by atoms with van der Waals surface area (Å²) < 4.78 is 28.3. The van der Waals surface area contributed by atoms with Crippen LogP contribution >= 0.6 is 0 Å². The Morgan fingerprint density at radius 1 is 1.03 bits per heavy atom. The van der Waals surface area contributed by atoms with Gasteiger partial charge >= 0.3 is 5.97 Å². The van der Waals surface area contributed by atoms with Crippen LogP contribution in [0.15, 0.2) is 72.1 Å². The maximum absolute atomic E-state index is 12.8. The van der Waals surface area contributed by atoms with Gasteiger partial charge in [-0.2, -0.15) is 5.26 Å². The molecule has 0 bridgehead atoms. The molecular formula is C30H30N2O6. The van der Waals surface area contributed by atoms with Gasteiger partial charge in [-0.15, -0.1) is 0 Å². The number of ether oxygens (including phenoxy) is 5. The minimum Gasteiger partial charge on any atom is -0.494 e. The third-order valence-electron chi connectivity index (χ3n) is 6.06. The van der Waals surface area contributed by atoms with Gasteiger partial charge in [0.1, 0.15) is 28.9 Å². The molecule has 0 aliphatic carbocycles. The summed E-state index contributed by atoms with van der Waals surface area (Å²) in [5, 5.41) is 9.90. The third kappa shape index (κ3) is 5.68. The van der Waals surface area contributed by atoms with Gasteiger partial charge in [0.2, 0.25) is 5.88 Å². The van der Waals surface area contributed by atoms with Gasteiger partial charge in [0, 0.05) is 11.6 Å². The molecule has 0 saturated carbocycles. The van der Waals surface area contributed by atoms with E-state index in [2.05, 4.69) is 13.0 Å². The lowest BCUT2D eigenvalue weighted by Crippen LogP contribution is -2.21. The van der Waals surface area contributed by atoms with Crippen LogP contribution in [0.5, 0.6) is 28.7 Å². The van der Waals surface area contributed by atoms with Crippen molar-refractivity contribution < 1.29 is 28.5 Å². The number of rotatable bonds is 10. The number of methoxy groups -OCH3 is 1. The molecule has 1 aliphatic heterocycles. The van der Waals surface area contributed by atoms with Crippen LogP contribution in [0.3, 0.4) is 0 Å². The molecule has 38 heavy (non-hydrogen) atoms. The van der Waals surface area contributed by atoms with Crippen molar-refractivity contribution >= 4 is 5.97 Å². The van der Waals surface area contributed by atoms with E-state index >= 15 is 0 Å². The van der Waals surface area contributed by atoms with E-state index in [4.69, 9.17) is 29.4 Å². The van der Waals surface area contributed by atoms with Gasteiger partial charge in [-0.1, -0.05) is 31.5 Å². The van der Waals surface area contributed by atoms with Gasteiger partial charge in [0.25, 0.3) is 0 Å². The van der Waals surface area contributed by atoms with Crippen LogP contribution in [-0.2, 0) is 0 Å². The number of benzene rings is 3. The second-order valence-electron chi connectivity index (χ2n) is 8.59. The maximum Gasteiger partial charge on any atom is 0.343 e. The quantitative estimate of drug-likeness (QED) is 0.208. The first kappa shape index (κ1) is 26.4. The van der Waals surface area contributed by atoms with Crippen LogP contribution in [-0.4, -0.2) is 26.3 Å². The Hall–Kier alpha value is -4.64. The fourth-order valence-corrected chi connectivity index (χ4v) is 4.20. The molecule has 1 unspecified atom stereocenters. The summed E-state index contributed by atoms with van der Waals surface area (Å²) in [4.78, 5) is 12.8. The zero-order valence-corrected chi connectivity index (χ0v) is 21.7. The summed E-state index contributed by atoms with van der Waals surface area (Å²) in [6.45, 7) is 5.04. The van der Waals surface area contributed by atoms with Gasteiger partial charge in [0.05, 0.1) is 31.8 Å². The van der Waals surface area contributed by atoms with Crippen molar-refractivity contribution in [1.82, 2.24) is 0 Å². The molecule has 1 heterocycles. The Bertz CT molecular complexity index is 1390. The molecule has 0 saturated heterocycles. The van der Waals surface area contributed by atoms with E-state index in [0.717, 1.165) is 18.4 Å². The number of carbonyl (C=O) groups is 1. The molecule has 0 radical (unpaired) electrons. The fourth-order valence-electron chi connectivity index (χ4n) is 4.20. The molecule has 196 valence electrons. The Labute approximate surface area is 222 Å².